The second-order valence-electron chi connectivity index (χ2n) is 7.77. The van der Waals surface area contributed by atoms with Crippen molar-refractivity contribution in [1.82, 2.24) is 0 Å². The lowest BCUT2D eigenvalue weighted by atomic mass is 9.83. The predicted octanol–water partition coefficient (Wildman–Crippen LogP) is 1.18. The number of rotatable bonds is 5. The summed E-state index contributed by atoms with van der Waals surface area (Å²) in [6.45, 7) is 2.93. The van der Waals surface area contributed by atoms with Crippen molar-refractivity contribution in [2.24, 2.45) is 0 Å². The van der Waals surface area contributed by atoms with Gasteiger partial charge in [0.15, 0.2) is 0 Å². The van der Waals surface area contributed by atoms with Crippen molar-refractivity contribution in [3.63, 3.8) is 0 Å². The van der Waals surface area contributed by atoms with Gasteiger partial charge in [-0.2, -0.15) is 0 Å². The fourth-order valence-corrected chi connectivity index (χ4v) is 4.12. The van der Waals surface area contributed by atoms with Crippen molar-refractivity contribution in [2.45, 2.75) is 49.7 Å². The first kappa shape index (κ1) is 23.1. The number of aliphatic hydroxyl groups is 5. The third-order valence-electron chi connectivity index (χ3n) is 5.76. The van der Waals surface area contributed by atoms with Crippen molar-refractivity contribution in [3.8, 4) is 0 Å². The highest BCUT2D eigenvalue weighted by Crippen LogP contribution is 2.42. The van der Waals surface area contributed by atoms with Crippen LogP contribution in [0.25, 0.3) is 0 Å². The molecule has 5 N–H and O–H groups in total. The van der Waals surface area contributed by atoms with Crippen molar-refractivity contribution in [1.29, 1.82) is 0 Å². The van der Waals surface area contributed by atoms with Crippen molar-refractivity contribution < 1.29 is 35.0 Å². The van der Waals surface area contributed by atoms with Gasteiger partial charge >= 0.3 is 0 Å². The quantitative estimate of drug-likeness (QED) is 0.475. The van der Waals surface area contributed by atoms with Gasteiger partial charge in [0.1, 0.15) is 30.0 Å². The number of aliphatic hydroxyl groups excluding tert-OH is 4. The van der Waals surface area contributed by atoms with E-state index in [-0.39, 0.29) is 10.6 Å². The standard InChI is InChI=1S/C22H27ClO7/c1-12-4-6-13(7-5-12)21(2,28)15-10-14(8-9-16(15)23)22(29-3)20(27)19(26)18(25)17(11-24)30-22/h4-10,17-20,24-28H,11H2,1-3H3. The summed E-state index contributed by atoms with van der Waals surface area (Å²) in [5.41, 5.74) is 0.748. The molecule has 1 aliphatic rings. The van der Waals surface area contributed by atoms with Crippen LogP contribution in [0.2, 0.25) is 5.02 Å². The smallest absolute Gasteiger partial charge is 0.224 e. The first-order chi connectivity index (χ1) is 14.1. The van der Waals surface area contributed by atoms with Gasteiger partial charge in [-0.1, -0.05) is 47.5 Å². The van der Waals surface area contributed by atoms with Gasteiger partial charge < -0.3 is 35.0 Å². The molecule has 30 heavy (non-hydrogen) atoms. The summed E-state index contributed by atoms with van der Waals surface area (Å²) in [4.78, 5) is 0. The lowest BCUT2D eigenvalue weighted by molar-refractivity contribution is -0.366. The number of aryl methyl sites for hydroxylation is 1. The lowest BCUT2D eigenvalue weighted by Crippen LogP contribution is -2.64. The largest absolute Gasteiger partial charge is 0.394 e. The summed E-state index contributed by atoms with van der Waals surface area (Å²) in [7, 11) is 1.27. The minimum atomic E-state index is -1.89. The molecule has 1 heterocycles. The molecule has 164 valence electrons. The van der Waals surface area contributed by atoms with Gasteiger partial charge in [0.2, 0.25) is 5.79 Å². The topological polar surface area (TPSA) is 120 Å². The van der Waals surface area contributed by atoms with Crippen molar-refractivity contribution >= 4 is 11.6 Å². The normalized spacial score (nSPS) is 31.4. The molecule has 2 aromatic carbocycles. The highest BCUT2D eigenvalue weighted by atomic mass is 35.5. The molecular weight excluding hydrogens is 412 g/mol. The minimum Gasteiger partial charge on any atom is -0.394 e. The van der Waals surface area contributed by atoms with Crippen LogP contribution in [0.3, 0.4) is 0 Å². The van der Waals surface area contributed by atoms with Crippen LogP contribution in [0.5, 0.6) is 0 Å². The van der Waals surface area contributed by atoms with E-state index in [0.717, 1.165) is 5.56 Å². The summed E-state index contributed by atoms with van der Waals surface area (Å²) in [5.74, 6) is -1.89. The van der Waals surface area contributed by atoms with Gasteiger partial charge in [-0.05, 0) is 31.5 Å². The molecule has 0 radical (unpaired) electrons. The predicted molar refractivity (Wildman–Crippen MR) is 110 cm³/mol. The number of ether oxygens (including phenoxy) is 2. The minimum absolute atomic E-state index is 0.258. The summed E-state index contributed by atoms with van der Waals surface area (Å²) in [6, 6.07) is 11.9. The molecule has 6 unspecified atom stereocenters. The molecule has 8 heteroatoms. The molecule has 7 nitrogen and oxygen atoms in total. The number of methoxy groups -OCH3 is 1. The van der Waals surface area contributed by atoms with Gasteiger partial charge in [-0.25, -0.2) is 0 Å². The van der Waals surface area contributed by atoms with Crippen LogP contribution < -0.4 is 0 Å². The molecule has 0 aromatic heterocycles. The summed E-state index contributed by atoms with van der Waals surface area (Å²) < 4.78 is 11.2. The van der Waals surface area contributed by atoms with E-state index in [1.807, 2.05) is 19.1 Å². The Morgan fingerprint density at radius 1 is 1.10 bits per heavy atom. The molecule has 2 aromatic rings. The van der Waals surface area contributed by atoms with Gasteiger partial charge in [0, 0.05) is 23.3 Å². The highest BCUT2D eigenvalue weighted by Gasteiger charge is 2.55. The average molecular weight is 439 g/mol. The summed E-state index contributed by atoms with van der Waals surface area (Å²) in [5, 5.41) is 52.2. The summed E-state index contributed by atoms with van der Waals surface area (Å²) in [6.07, 6.45) is -6.00. The second-order valence-corrected chi connectivity index (χ2v) is 8.18. The molecule has 0 bridgehead atoms. The fraction of sp³-hybridized carbons (Fsp3) is 0.455. The monoisotopic (exact) mass is 438 g/mol. The van der Waals surface area contributed by atoms with E-state index in [9.17, 15) is 25.5 Å². The maximum absolute atomic E-state index is 11.3. The van der Waals surface area contributed by atoms with Crippen LogP contribution >= 0.6 is 11.6 Å². The first-order valence-electron chi connectivity index (χ1n) is 9.56. The third-order valence-corrected chi connectivity index (χ3v) is 6.09. The molecule has 1 fully saturated rings. The molecule has 0 aliphatic carbocycles. The fourth-order valence-electron chi connectivity index (χ4n) is 3.82. The van der Waals surface area contributed by atoms with Crippen LogP contribution in [-0.4, -0.2) is 63.7 Å². The van der Waals surface area contributed by atoms with Gasteiger partial charge in [0.05, 0.1) is 6.61 Å². The maximum atomic E-state index is 11.3. The maximum Gasteiger partial charge on any atom is 0.224 e. The molecule has 6 atom stereocenters. The van der Waals surface area contributed by atoms with Gasteiger partial charge in [-0.15, -0.1) is 0 Å². The zero-order valence-corrected chi connectivity index (χ0v) is 17.7. The highest BCUT2D eigenvalue weighted by molar-refractivity contribution is 6.31. The number of hydrogen-bond acceptors (Lipinski definition) is 7. The Bertz CT molecular complexity index is 884. The zero-order chi connectivity index (χ0) is 22.3. The second kappa shape index (κ2) is 8.53. The number of halogens is 1. The van der Waals surface area contributed by atoms with E-state index in [1.165, 1.54) is 25.3 Å². The van der Waals surface area contributed by atoms with Crippen LogP contribution in [0.1, 0.15) is 29.2 Å². The Hall–Kier alpha value is -1.55. The van der Waals surface area contributed by atoms with Crippen LogP contribution in [-0.2, 0) is 20.9 Å². The molecule has 0 saturated carbocycles. The van der Waals surface area contributed by atoms with Crippen LogP contribution in [0, 0.1) is 6.92 Å². The molecule has 1 aliphatic heterocycles. The van der Waals surface area contributed by atoms with E-state index in [1.54, 1.807) is 19.1 Å². The van der Waals surface area contributed by atoms with E-state index in [0.29, 0.717) is 11.1 Å². The van der Waals surface area contributed by atoms with Gasteiger partial charge in [0.25, 0.3) is 0 Å². The van der Waals surface area contributed by atoms with Crippen molar-refractivity contribution in [2.75, 3.05) is 13.7 Å². The van der Waals surface area contributed by atoms with E-state index < -0.39 is 42.4 Å². The number of hydrogen-bond donors (Lipinski definition) is 5. The molecular formula is C22H27ClO7. The molecule has 3 rings (SSSR count). The Labute approximate surface area is 180 Å². The van der Waals surface area contributed by atoms with Crippen LogP contribution in [0.4, 0.5) is 0 Å². The summed E-state index contributed by atoms with van der Waals surface area (Å²) >= 11 is 6.40. The van der Waals surface area contributed by atoms with E-state index >= 15 is 0 Å². The lowest BCUT2D eigenvalue weighted by Gasteiger charge is -2.47. The van der Waals surface area contributed by atoms with Crippen molar-refractivity contribution in [3.05, 3.63) is 69.7 Å². The Morgan fingerprint density at radius 2 is 1.73 bits per heavy atom. The Morgan fingerprint density at radius 3 is 2.30 bits per heavy atom. The third kappa shape index (κ3) is 3.77. The Kier molecular flexibility index (Phi) is 6.57. The van der Waals surface area contributed by atoms with E-state index in [4.69, 9.17) is 21.1 Å². The molecule has 0 amide bonds. The van der Waals surface area contributed by atoms with E-state index in [2.05, 4.69) is 0 Å². The zero-order valence-electron chi connectivity index (χ0n) is 17.0. The molecule has 1 saturated heterocycles. The molecule has 0 spiro atoms. The average Bonchev–Trinajstić information content (AvgIpc) is 2.73. The van der Waals surface area contributed by atoms with Crippen LogP contribution in [0.15, 0.2) is 42.5 Å². The number of benzene rings is 2. The Balaban J connectivity index is 2.12. The SMILES string of the molecule is COC1(c2ccc(Cl)c(C(C)(O)c3ccc(C)cc3)c2)OC(CO)C(O)C(O)C1O. The first-order valence-corrected chi connectivity index (χ1v) is 9.94. The van der Waals surface area contributed by atoms with Gasteiger partial charge in [-0.3, -0.25) is 0 Å².